The van der Waals surface area contributed by atoms with Crippen LogP contribution in [0.4, 0.5) is 5.69 Å². The second kappa shape index (κ2) is 10.6. The van der Waals surface area contributed by atoms with Crippen LogP contribution in [0.25, 0.3) is 0 Å². The maximum absolute atomic E-state index is 13.1. The minimum Gasteiger partial charge on any atom is -0.495 e. The molecule has 1 amide bonds. The number of hydrogen-bond donors (Lipinski definition) is 1. The van der Waals surface area contributed by atoms with E-state index in [0.29, 0.717) is 25.4 Å². The Morgan fingerprint density at radius 1 is 1.03 bits per heavy atom. The van der Waals surface area contributed by atoms with Gasteiger partial charge >= 0.3 is 5.97 Å². The molecule has 0 aliphatic carbocycles. The largest absolute Gasteiger partial charge is 0.495 e. The Hall–Kier alpha value is -2.91. The van der Waals surface area contributed by atoms with Crippen molar-refractivity contribution in [1.82, 2.24) is 4.31 Å². The molecular weight excluding hydrogens is 432 g/mol. The molecule has 0 saturated carbocycles. The number of methoxy groups -OCH3 is 1. The molecule has 2 aromatic carbocycles. The molecule has 1 aliphatic rings. The quantitative estimate of drug-likeness (QED) is 0.607. The maximum atomic E-state index is 13.1. The van der Waals surface area contributed by atoms with E-state index in [2.05, 4.69) is 5.32 Å². The number of nitrogens with zero attached hydrogens (tertiary/aromatic N) is 1. The Morgan fingerprint density at radius 3 is 2.34 bits per heavy atom. The first-order valence-corrected chi connectivity index (χ1v) is 12.0. The molecule has 9 heteroatoms. The highest BCUT2D eigenvalue weighted by Crippen LogP contribution is 2.30. The van der Waals surface area contributed by atoms with Crippen LogP contribution in [0, 0.1) is 0 Å². The Kier molecular flexibility index (Phi) is 7.87. The van der Waals surface area contributed by atoms with E-state index < -0.39 is 15.9 Å². The number of amides is 1. The van der Waals surface area contributed by atoms with E-state index in [0.717, 1.165) is 24.8 Å². The smallest absolute Gasteiger partial charge is 0.310 e. The third kappa shape index (κ3) is 5.66. The number of esters is 1. The summed E-state index contributed by atoms with van der Waals surface area (Å²) in [5, 5.41) is 2.76. The summed E-state index contributed by atoms with van der Waals surface area (Å²) < 4.78 is 37.9. The maximum Gasteiger partial charge on any atom is 0.310 e. The molecule has 0 bridgehead atoms. The van der Waals surface area contributed by atoms with Gasteiger partial charge in [0.05, 0.1) is 20.1 Å². The lowest BCUT2D eigenvalue weighted by atomic mass is 10.1. The van der Waals surface area contributed by atoms with E-state index in [1.807, 2.05) is 0 Å². The van der Waals surface area contributed by atoms with E-state index >= 15 is 0 Å². The molecule has 172 valence electrons. The number of rotatable bonds is 8. The molecule has 0 atom stereocenters. The van der Waals surface area contributed by atoms with Gasteiger partial charge in [-0.1, -0.05) is 18.6 Å². The number of hydrogen-bond acceptors (Lipinski definition) is 6. The van der Waals surface area contributed by atoms with Gasteiger partial charge in [0.25, 0.3) is 5.91 Å². The highest BCUT2D eigenvalue weighted by Gasteiger charge is 2.29. The van der Waals surface area contributed by atoms with Crippen LogP contribution in [0.1, 0.15) is 42.1 Å². The predicted octanol–water partition coefficient (Wildman–Crippen LogP) is 3.23. The second-order valence-corrected chi connectivity index (χ2v) is 9.37. The molecule has 8 nitrogen and oxygen atoms in total. The number of sulfonamides is 1. The number of carbonyl (C=O) groups is 2. The fourth-order valence-electron chi connectivity index (χ4n) is 3.55. The Bertz CT molecular complexity index is 1060. The van der Waals surface area contributed by atoms with Crippen molar-refractivity contribution in [1.29, 1.82) is 0 Å². The number of anilines is 1. The molecular formula is C23H28N2O6S. The summed E-state index contributed by atoms with van der Waals surface area (Å²) in [6, 6.07) is 11.2. The lowest BCUT2D eigenvalue weighted by molar-refractivity contribution is -0.142. The van der Waals surface area contributed by atoms with Crippen molar-refractivity contribution in [2.45, 2.75) is 37.5 Å². The third-order valence-electron chi connectivity index (χ3n) is 5.22. The summed E-state index contributed by atoms with van der Waals surface area (Å²) in [6.45, 7) is 2.99. The van der Waals surface area contributed by atoms with Crippen molar-refractivity contribution in [2.24, 2.45) is 0 Å². The van der Waals surface area contributed by atoms with E-state index in [9.17, 15) is 18.0 Å². The first kappa shape index (κ1) is 23.7. The molecule has 1 aliphatic heterocycles. The van der Waals surface area contributed by atoms with Crippen LogP contribution in [0.15, 0.2) is 47.4 Å². The fraction of sp³-hybridized carbons (Fsp3) is 0.391. The van der Waals surface area contributed by atoms with Crippen LogP contribution >= 0.6 is 0 Å². The van der Waals surface area contributed by atoms with E-state index in [1.165, 1.54) is 29.6 Å². The van der Waals surface area contributed by atoms with Gasteiger partial charge in [-0.05, 0) is 55.7 Å². The first-order chi connectivity index (χ1) is 15.3. The molecule has 0 spiro atoms. The molecule has 32 heavy (non-hydrogen) atoms. The minimum atomic E-state index is -3.77. The standard InChI is InChI=1S/C23H28N2O6S/c1-3-31-22(26)15-17-7-10-19(11-8-17)24-23(27)18-9-12-20(30-2)21(16-18)32(28,29)25-13-5-4-6-14-25/h7-12,16H,3-6,13-15H2,1-2H3,(H,24,27). The van der Waals surface area contributed by atoms with E-state index in [4.69, 9.17) is 9.47 Å². The normalized spacial score (nSPS) is 14.6. The van der Waals surface area contributed by atoms with Crippen LogP contribution in [0.5, 0.6) is 5.75 Å². The van der Waals surface area contributed by atoms with Crippen LogP contribution in [-0.2, 0) is 26.0 Å². The minimum absolute atomic E-state index is 0.0145. The van der Waals surface area contributed by atoms with Crippen LogP contribution in [-0.4, -0.2) is 51.4 Å². The Balaban J connectivity index is 1.77. The van der Waals surface area contributed by atoms with Crippen molar-refractivity contribution >= 4 is 27.6 Å². The summed E-state index contributed by atoms with van der Waals surface area (Å²) in [6.07, 6.45) is 2.78. The monoisotopic (exact) mass is 460 g/mol. The highest BCUT2D eigenvalue weighted by atomic mass is 32.2. The summed E-state index contributed by atoms with van der Waals surface area (Å²) in [4.78, 5) is 24.4. The highest BCUT2D eigenvalue weighted by molar-refractivity contribution is 7.89. The molecule has 1 fully saturated rings. The number of nitrogens with one attached hydrogen (secondary N) is 1. The van der Waals surface area contributed by atoms with Gasteiger partial charge in [0.2, 0.25) is 10.0 Å². The zero-order valence-corrected chi connectivity index (χ0v) is 19.1. The number of ether oxygens (including phenoxy) is 2. The van der Waals surface area contributed by atoms with Gasteiger partial charge < -0.3 is 14.8 Å². The average Bonchev–Trinajstić information content (AvgIpc) is 2.80. The molecule has 0 aromatic heterocycles. The van der Waals surface area contributed by atoms with Crippen LogP contribution in [0.2, 0.25) is 0 Å². The molecule has 1 N–H and O–H groups in total. The Morgan fingerprint density at radius 2 is 1.72 bits per heavy atom. The van der Waals surface area contributed by atoms with Crippen molar-refractivity contribution in [3.8, 4) is 5.75 Å². The van der Waals surface area contributed by atoms with Gasteiger partial charge in [-0.15, -0.1) is 0 Å². The summed E-state index contributed by atoms with van der Waals surface area (Å²) in [5.41, 5.74) is 1.50. The van der Waals surface area contributed by atoms with Crippen LogP contribution in [0.3, 0.4) is 0 Å². The zero-order chi connectivity index (χ0) is 23.1. The third-order valence-corrected chi connectivity index (χ3v) is 7.14. The molecule has 3 rings (SSSR count). The summed E-state index contributed by atoms with van der Waals surface area (Å²) in [5.74, 6) is -0.554. The van der Waals surface area contributed by atoms with Gasteiger partial charge in [0.1, 0.15) is 10.6 Å². The zero-order valence-electron chi connectivity index (χ0n) is 18.3. The number of benzene rings is 2. The SMILES string of the molecule is CCOC(=O)Cc1ccc(NC(=O)c2ccc(OC)c(S(=O)(=O)N3CCCCC3)c2)cc1. The molecule has 0 radical (unpaired) electrons. The first-order valence-electron chi connectivity index (χ1n) is 10.6. The van der Waals surface area contributed by atoms with Gasteiger partial charge in [-0.3, -0.25) is 9.59 Å². The van der Waals surface area contributed by atoms with Crippen molar-refractivity contribution in [2.75, 3.05) is 32.1 Å². The topological polar surface area (TPSA) is 102 Å². The van der Waals surface area contributed by atoms with Gasteiger partial charge in [-0.2, -0.15) is 4.31 Å². The van der Waals surface area contributed by atoms with Gasteiger partial charge in [0, 0.05) is 24.3 Å². The lowest BCUT2D eigenvalue weighted by Gasteiger charge is -2.26. The number of piperidine rings is 1. The molecule has 1 heterocycles. The predicted molar refractivity (Wildman–Crippen MR) is 120 cm³/mol. The van der Waals surface area contributed by atoms with E-state index in [1.54, 1.807) is 31.2 Å². The number of carbonyl (C=O) groups excluding carboxylic acids is 2. The van der Waals surface area contributed by atoms with Crippen molar-refractivity contribution in [3.63, 3.8) is 0 Å². The molecule has 1 saturated heterocycles. The average molecular weight is 461 g/mol. The summed E-state index contributed by atoms with van der Waals surface area (Å²) >= 11 is 0. The second-order valence-electron chi connectivity index (χ2n) is 7.46. The van der Waals surface area contributed by atoms with Crippen molar-refractivity contribution < 1.29 is 27.5 Å². The molecule has 0 unspecified atom stereocenters. The fourth-order valence-corrected chi connectivity index (χ4v) is 5.25. The van der Waals surface area contributed by atoms with Crippen LogP contribution < -0.4 is 10.1 Å². The van der Waals surface area contributed by atoms with Crippen molar-refractivity contribution in [3.05, 3.63) is 53.6 Å². The lowest BCUT2D eigenvalue weighted by Crippen LogP contribution is -2.35. The molecule has 2 aromatic rings. The Labute approximate surface area is 188 Å². The van der Waals surface area contributed by atoms with E-state index in [-0.39, 0.29) is 28.6 Å². The van der Waals surface area contributed by atoms with Gasteiger partial charge in [-0.25, -0.2) is 8.42 Å². The van der Waals surface area contributed by atoms with Gasteiger partial charge in [0.15, 0.2) is 0 Å². The summed E-state index contributed by atoms with van der Waals surface area (Å²) in [7, 11) is -2.37.